The Morgan fingerprint density at radius 1 is 1.47 bits per heavy atom. The summed E-state index contributed by atoms with van der Waals surface area (Å²) >= 11 is 1.63. The van der Waals surface area contributed by atoms with Gasteiger partial charge in [-0.2, -0.15) is 11.8 Å². The fourth-order valence-electron chi connectivity index (χ4n) is 1.11. The molecule has 1 rings (SSSR count). The van der Waals surface area contributed by atoms with Crippen LogP contribution >= 0.6 is 11.8 Å². The van der Waals surface area contributed by atoms with Crippen LogP contribution in [0.1, 0.15) is 13.3 Å². The second kappa shape index (κ2) is 6.35. The van der Waals surface area contributed by atoms with E-state index in [1.165, 1.54) is 0 Å². The Kier molecular flexibility index (Phi) is 5.04. The van der Waals surface area contributed by atoms with Crippen LogP contribution in [-0.4, -0.2) is 17.4 Å². The Labute approximate surface area is 94.4 Å². The smallest absolute Gasteiger partial charge is 0.234 e. The molecule has 82 valence electrons. The molecule has 0 unspecified atom stereocenters. The first-order chi connectivity index (χ1) is 7.24. The highest BCUT2D eigenvalue weighted by atomic mass is 32.2. The molecule has 0 atom stereocenters. The molecule has 0 aromatic heterocycles. The largest absolute Gasteiger partial charge is 0.397 e. The first-order valence-corrected chi connectivity index (χ1v) is 6.11. The number of thioether (sulfide) groups is 1. The van der Waals surface area contributed by atoms with Crippen molar-refractivity contribution in [2.24, 2.45) is 0 Å². The predicted molar refractivity (Wildman–Crippen MR) is 67.1 cm³/mol. The number of nitrogens with one attached hydrogen (secondary N) is 1. The highest BCUT2D eigenvalue weighted by Gasteiger charge is 2.03. The van der Waals surface area contributed by atoms with Gasteiger partial charge in [-0.15, -0.1) is 0 Å². The predicted octanol–water partition coefficient (Wildman–Crippen LogP) is 2.35. The summed E-state index contributed by atoms with van der Waals surface area (Å²) in [7, 11) is 0. The number of nitrogen functional groups attached to an aromatic ring is 1. The molecule has 0 fully saturated rings. The standard InChI is InChI=1S/C11H16N2OS/c1-2-7-15-8-11(14)13-10-6-4-3-5-9(10)12/h3-6H,2,7-8,12H2,1H3,(H,13,14). The van der Waals surface area contributed by atoms with Crippen LogP contribution in [0.3, 0.4) is 0 Å². The van der Waals surface area contributed by atoms with Gasteiger partial charge in [0.25, 0.3) is 0 Å². The summed E-state index contributed by atoms with van der Waals surface area (Å²) < 4.78 is 0. The molecule has 0 aliphatic rings. The van der Waals surface area contributed by atoms with Crippen LogP contribution in [-0.2, 0) is 4.79 Å². The molecular weight excluding hydrogens is 208 g/mol. The van der Waals surface area contributed by atoms with Gasteiger partial charge >= 0.3 is 0 Å². The van der Waals surface area contributed by atoms with E-state index in [4.69, 9.17) is 5.73 Å². The van der Waals surface area contributed by atoms with Gasteiger partial charge in [-0.3, -0.25) is 4.79 Å². The lowest BCUT2D eigenvalue weighted by Gasteiger charge is -2.07. The lowest BCUT2D eigenvalue weighted by molar-refractivity contribution is -0.113. The molecule has 4 heteroatoms. The second-order valence-corrected chi connectivity index (χ2v) is 4.29. The molecule has 15 heavy (non-hydrogen) atoms. The number of para-hydroxylation sites is 2. The minimum Gasteiger partial charge on any atom is -0.397 e. The van der Waals surface area contributed by atoms with Gasteiger partial charge < -0.3 is 11.1 Å². The van der Waals surface area contributed by atoms with Crippen molar-refractivity contribution in [3.05, 3.63) is 24.3 Å². The molecule has 1 amide bonds. The lowest BCUT2D eigenvalue weighted by Crippen LogP contribution is -2.15. The van der Waals surface area contributed by atoms with E-state index < -0.39 is 0 Å². The van der Waals surface area contributed by atoms with E-state index >= 15 is 0 Å². The minimum atomic E-state index is 0.00588. The Morgan fingerprint density at radius 2 is 2.20 bits per heavy atom. The Morgan fingerprint density at radius 3 is 2.87 bits per heavy atom. The average Bonchev–Trinajstić information content (AvgIpc) is 2.22. The zero-order valence-electron chi connectivity index (χ0n) is 8.82. The van der Waals surface area contributed by atoms with E-state index in [2.05, 4.69) is 12.2 Å². The maximum absolute atomic E-state index is 11.5. The van der Waals surface area contributed by atoms with Gasteiger partial charge in [0, 0.05) is 0 Å². The third-order valence-corrected chi connectivity index (χ3v) is 2.98. The lowest BCUT2D eigenvalue weighted by atomic mass is 10.3. The SMILES string of the molecule is CCCSCC(=O)Nc1ccccc1N. The quantitative estimate of drug-likeness (QED) is 0.596. The molecule has 3 nitrogen and oxygen atoms in total. The molecule has 0 saturated carbocycles. The van der Waals surface area contributed by atoms with Crippen LogP contribution in [0.25, 0.3) is 0 Å². The van der Waals surface area contributed by atoms with Crippen LogP contribution in [0.15, 0.2) is 24.3 Å². The van der Waals surface area contributed by atoms with Crippen molar-refractivity contribution in [3.63, 3.8) is 0 Å². The van der Waals surface area contributed by atoms with Gasteiger partial charge in [0.1, 0.15) is 0 Å². The summed E-state index contributed by atoms with van der Waals surface area (Å²) in [6.07, 6.45) is 1.09. The monoisotopic (exact) mass is 224 g/mol. The first kappa shape index (κ1) is 11.9. The van der Waals surface area contributed by atoms with E-state index in [9.17, 15) is 4.79 Å². The summed E-state index contributed by atoms with van der Waals surface area (Å²) in [6, 6.07) is 7.27. The number of benzene rings is 1. The number of anilines is 2. The Bertz CT molecular complexity index is 328. The average molecular weight is 224 g/mol. The van der Waals surface area contributed by atoms with Crippen molar-refractivity contribution in [2.45, 2.75) is 13.3 Å². The van der Waals surface area contributed by atoms with Gasteiger partial charge in [-0.25, -0.2) is 0 Å². The molecule has 0 saturated heterocycles. The van der Waals surface area contributed by atoms with Crippen molar-refractivity contribution in [1.82, 2.24) is 0 Å². The van der Waals surface area contributed by atoms with Crippen LogP contribution in [0, 0.1) is 0 Å². The summed E-state index contributed by atoms with van der Waals surface area (Å²) in [5, 5.41) is 2.78. The third-order valence-electron chi connectivity index (χ3n) is 1.82. The number of carbonyl (C=O) groups excluding carboxylic acids is 1. The molecule has 0 spiro atoms. The fourth-order valence-corrected chi connectivity index (χ4v) is 1.80. The Balaban J connectivity index is 2.41. The van der Waals surface area contributed by atoms with E-state index in [1.807, 2.05) is 12.1 Å². The molecule has 3 N–H and O–H groups in total. The number of hydrogen-bond donors (Lipinski definition) is 2. The van der Waals surface area contributed by atoms with Crippen LogP contribution in [0.5, 0.6) is 0 Å². The van der Waals surface area contributed by atoms with Crippen molar-refractivity contribution in [1.29, 1.82) is 0 Å². The topological polar surface area (TPSA) is 55.1 Å². The molecular formula is C11H16N2OS. The summed E-state index contributed by atoms with van der Waals surface area (Å²) in [5.41, 5.74) is 7.00. The van der Waals surface area contributed by atoms with Gasteiger partial charge in [0.05, 0.1) is 17.1 Å². The number of carbonyl (C=O) groups is 1. The minimum absolute atomic E-state index is 0.00588. The number of nitrogens with two attached hydrogens (primary N) is 1. The normalized spacial score (nSPS) is 9.93. The van der Waals surface area contributed by atoms with Gasteiger partial charge in [0.15, 0.2) is 0 Å². The van der Waals surface area contributed by atoms with Crippen molar-refractivity contribution >= 4 is 29.0 Å². The number of rotatable bonds is 5. The molecule has 0 aliphatic carbocycles. The molecule has 1 aromatic rings. The third kappa shape index (κ3) is 4.25. The van der Waals surface area contributed by atoms with Crippen molar-refractivity contribution < 1.29 is 4.79 Å². The van der Waals surface area contributed by atoms with Gasteiger partial charge in [-0.1, -0.05) is 19.1 Å². The summed E-state index contributed by atoms with van der Waals surface area (Å²) in [4.78, 5) is 11.5. The molecule has 0 bridgehead atoms. The molecule has 0 aliphatic heterocycles. The zero-order chi connectivity index (χ0) is 11.1. The van der Waals surface area contributed by atoms with Crippen LogP contribution < -0.4 is 11.1 Å². The van der Waals surface area contributed by atoms with Gasteiger partial charge in [-0.05, 0) is 24.3 Å². The second-order valence-electron chi connectivity index (χ2n) is 3.19. The highest BCUT2D eigenvalue weighted by molar-refractivity contribution is 7.99. The van der Waals surface area contributed by atoms with E-state index in [1.54, 1.807) is 23.9 Å². The Hall–Kier alpha value is -1.16. The first-order valence-electron chi connectivity index (χ1n) is 4.96. The van der Waals surface area contributed by atoms with E-state index in [0.717, 1.165) is 12.2 Å². The van der Waals surface area contributed by atoms with Gasteiger partial charge in [0.2, 0.25) is 5.91 Å². The summed E-state index contributed by atoms with van der Waals surface area (Å²) in [5.74, 6) is 1.51. The van der Waals surface area contributed by atoms with Crippen molar-refractivity contribution in [2.75, 3.05) is 22.6 Å². The zero-order valence-corrected chi connectivity index (χ0v) is 9.64. The molecule has 0 radical (unpaired) electrons. The maximum Gasteiger partial charge on any atom is 0.234 e. The highest BCUT2D eigenvalue weighted by Crippen LogP contribution is 2.16. The number of hydrogen-bond acceptors (Lipinski definition) is 3. The van der Waals surface area contributed by atoms with Crippen LogP contribution in [0.4, 0.5) is 11.4 Å². The van der Waals surface area contributed by atoms with Crippen LogP contribution in [0.2, 0.25) is 0 Å². The number of amides is 1. The maximum atomic E-state index is 11.5. The fraction of sp³-hybridized carbons (Fsp3) is 0.364. The molecule has 1 aromatic carbocycles. The van der Waals surface area contributed by atoms with E-state index in [0.29, 0.717) is 17.1 Å². The summed E-state index contributed by atoms with van der Waals surface area (Å²) in [6.45, 7) is 2.10. The van der Waals surface area contributed by atoms with E-state index in [-0.39, 0.29) is 5.91 Å². The van der Waals surface area contributed by atoms with Crippen molar-refractivity contribution in [3.8, 4) is 0 Å². The molecule has 0 heterocycles.